The first-order valence-electron chi connectivity index (χ1n) is 19.2. The second-order valence-corrected chi connectivity index (χ2v) is 27.0. The molecule has 0 unspecified atom stereocenters. The second kappa shape index (κ2) is 20.8. The number of unbranched alkanes of at least 4 members (excludes halogenated alkanes) is 6. The third-order valence-electron chi connectivity index (χ3n) is 11.1. The van der Waals surface area contributed by atoms with E-state index in [4.69, 9.17) is 0 Å². The van der Waals surface area contributed by atoms with Gasteiger partial charge in [-0.2, -0.15) is 0 Å². The third-order valence-corrected chi connectivity index (χ3v) is 23.7. The van der Waals surface area contributed by atoms with Crippen molar-refractivity contribution in [1.29, 1.82) is 0 Å². The maximum absolute atomic E-state index is 10.3. The zero-order chi connectivity index (χ0) is 35.1. The van der Waals surface area contributed by atoms with Crippen molar-refractivity contribution in [2.24, 2.45) is 0 Å². The highest BCUT2D eigenvalue weighted by Gasteiger charge is 2.42. The maximum atomic E-state index is 10.3. The molecule has 0 amide bonds. The van der Waals surface area contributed by atoms with E-state index in [1.54, 1.807) is 0 Å². The fourth-order valence-corrected chi connectivity index (χ4v) is 18.9. The Bertz CT molecular complexity index is 1150. The van der Waals surface area contributed by atoms with Gasteiger partial charge in [0, 0.05) is 11.1 Å². The van der Waals surface area contributed by atoms with Gasteiger partial charge in [0.25, 0.3) is 0 Å². The van der Waals surface area contributed by atoms with Crippen molar-refractivity contribution in [3.63, 3.8) is 0 Å². The van der Waals surface area contributed by atoms with E-state index in [9.17, 15) is 5.11 Å². The van der Waals surface area contributed by atoms with Crippen LogP contribution in [0.3, 0.4) is 0 Å². The number of hydrogen-bond donors (Lipinski definition) is 1. The molecule has 0 fully saturated rings. The molecule has 0 aliphatic carbocycles. The monoisotopic (exact) mass is 663 g/mol. The summed E-state index contributed by atoms with van der Waals surface area (Å²) in [6.07, 6.45) is 14.0. The van der Waals surface area contributed by atoms with Gasteiger partial charge in [0.1, 0.15) is 16.1 Å². The van der Waals surface area contributed by atoms with Gasteiger partial charge in [-0.1, -0.05) is 147 Å². The number of aliphatic hydroxyl groups is 1. The van der Waals surface area contributed by atoms with Crippen LogP contribution in [0.1, 0.15) is 171 Å². The molecule has 0 aliphatic heterocycles. The number of allylic oxidation sites excluding steroid dienone is 1. The standard InChI is InChI=1S/C43H74OSi2/c1-15-17-19-21-23-40-32-43(39(25-28-44)26-29-45(33(3)4,34(5)6)35(7)8)42(24-22-20-18-16-2)31-41(40)27-30-46(36(9)10,37(11)12)38(13)14/h25,31-38,44H,15-24,28H2,1-14H3/b39-25-. The molecule has 1 aromatic rings. The molecule has 0 atom stereocenters. The summed E-state index contributed by atoms with van der Waals surface area (Å²) in [7, 11) is -3.80. The Morgan fingerprint density at radius 3 is 1.46 bits per heavy atom. The molecule has 1 N–H and O–H groups in total. The van der Waals surface area contributed by atoms with Gasteiger partial charge in [0.2, 0.25) is 0 Å². The molecule has 1 nitrogen and oxygen atoms in total. The van der Waals surface area contributed by atoms with Crippen LogP contribution in [0, 0.1) is 22.9 Å². The predicted octanol–water partition coefficient (Wildman–Crippen LogP) is 13.1. The summed E-state index contributed by atoms with van der Waals surface area (Å²) < 4.78 is 0. The summed E-state index contributed by atoms with van der Waals surface area (Å²) in [6, 6.07) is 4.91. The van der Waals surface area contributed by atoms with E-state index in [0.717, 1.165) is 18.4 Å². The average Bonchev–Trinajstić information content (AvgIpc) is 2.97. The second-order valence-electron chi connectivity index (χ2n) is 15.9. The first-order chi connectivity index (χ1) is 21.7. The Balaban J connectivity index is 4.11. The lowest BCUT2D eigenvalue weighted by Gasteiger charge is -2.38. The minimum absolute atomic E-state index is 0.0115. The summed E-state index contributed by atoms with van der Waals surface area (Å²) >= 11 is 0. The lowest BCUT2D eigenvalue weighted by atomic mass is 9.89. The highest BCUT2D eigenvalue weighted by Crippen LogP contribution is 2.42. The van der Waals surface area contributed by atoms with Crippen molar-refractivity contribution < 1.29 is 5.11 Å². The molecule has 0 aromatic heterocycles. The summed E-state index contributed by atoms with van der Waals surface area (Å²) in [5.41, 5.74) is 17.9. The lowest BCUT2D eigenvalue weighted by molar-refractivity contribution is 0.343. The fourth-order valence-electron chi connectivity index (χ4n) is 8.49. The van der Waals surface area contributed by atoms with Gasteiger partial charge in [-0.3, -0.25) is 0 Å². The fraction of sp³-hybridized carbons (Fsp3) is 0.721. The number of benzene rings is 1. The molecule has 0 radical (unpaired) electrons. The van der Waals surface area contributed by atoms with Crippen LogP contribution in [0.25, 0.3) is 5.57 Å². The molecule has 0 bridgehead atoms. The lowest BCUT2D eigenvalue weighted by Crippen LogP contribution is -2.43. The maximum Gasteiger partial charge on any atom is 0.146 e. The minimum atomic E-state index is -1.93. The van der Waals surface area contributed by atoms with Crippen molar-refractivity contribution in [2.75, 3.05) is 6.61 Å². The number of aliphatic hydroxyl groups excluding tert-OH is 1. The van der Waals surface area contributed by atoms with Gasteiger partial charge >= 0.3 is 0 Å². The highest BCUT2D eigenvalue weighted by atomic mass is 28.3. The molecule has 0 saturated heterocycles. The number of aryl methyl sites for hydroxylation is 2. The Morgan fingerprint density at radius 2 is 1.04 bits per heavy atom. The molecule has 260 valence electrons. The average molecular weight is 663 g/mol. The Labute approximate surface area is 290 Å². The summed E-state index contributed by atoms with van der Waals surface area (Å²) in [5.74, 6) is 7.67. The van der Waals surface area contributed by atoms with Crippen LogP contribution < -0.4 is 0 Å². The smallest absolute Gasteiger partial charge is 0.146 e. The minimum Gasteiger partial charge on any atom is -0.392 e. The van der Waals surface area contributed by atoms with Crippen molar-refractivity contribution in [3.8, 4) is 22.9 Å². The van der Waals surface area contributed by atoms with E-state index in [1.807, 2.05) is 6.08 Å². The third kappa shape index (κ3) is 11.0. The van der Waals surface area contributed by atoms with E-state index in [0.29, 0.717) is 33.2 Å². The normalized spacial score (nSPS) is 12.8. The van der Waals surface area contributed by atoms with Crippen molar-refractivity contribution >= 4 is 21.7 Å². The van der Waals surface area contributed by atoms with Crippen LogP contribution in [0.2, 0.25) is 33.2 Å². The largest absolute Gasteiger partial charge is 0.392 e. The van der Waals surface area contributed by atoms with Crippen LogP contribution in [-0.2, 0) is 12.8 Å². The Hall–Kier alpha value is -1.53. The molecule has 0 aliphatic rings. The highest BCUT2D eigenvalue weighted by molar-refractivity contribution is 6.91. The van der Waals surface area contributed by atoms with Gasteiger partial charge < -0.3 is 5.11 Å². The van der Waals surface area contributed by atoms with E-state index < -0.39 is 16.1 Å². The van der Waals surface area contributed by atoms with Crippen LogP contribution in [0.4, 0.5) is 0 Å². The predicted molar refractivity (Wildman–Crippen MR) is 214 cm³/mol. The van der Waals surface area contributed by atoms with E-state index in [-0.39, 0.29) is 6.61 Å². The van der Waals surface area contributed by atoms with Crippen molar-refractivity contribution in [1.82, 2.24) is 0 Å². The van der Waals surface area contributed by atoms with Crippen LogP contribution in [0.15, 0.2) is 18.2 Å². The van der Waals surface area contributed by atoms with Crippen LogP contribution in [0.5, 0.6) is 0 Å². The zero-order valence-corrected chi connectivity index (χ0v) is 34.9. The molecular weight excluding hydrogens is 589 g/mol. The van der Waals surface area contributed by atoms with E-state index in [1.165, 1.54) is 73.6 Å². The quantitative estimate of drug-likeness (QED) is 0.0942. The first kappa shape index (κ1) is 42.5. The van der Waals surface area contributed by atoms with Gasteiger partial charge in [-0.25, -0.2) is 0 Å². The zero-order valence-electron chi connectivity index (χ0n) is 32.9. The molecule has 3 heteroatoms. The number of hydrogen-bond acceptors (Lipinski definition) is 1. The SMILES string of the molecule is CCCCCCc1cc(/C(C#C[Si](C(C)C)(C(C)C)C(C)C)=C\CO)c(CCCCCC)cc1C#C[Si](C(C)C)(C(C)C)C(C)C. The van der Waals surface area contributed by atoms with Crippen molar-refractivity contribution in [3.05, 3.63) is 40.5 Å². The molecule has 0 spiro atoms. The van der Waals surface area contributed by atoms with Crippen LogP contribution in [-0.4, -0.2) is 27.9 Å². The Kier molecular flexibility index (Phi) is 19.2. The molecular formula is C43H74OSi2. The number of rotatable bonds is 18. The van der Waals surface area contributed by atoms with Crippen molar-refractivity contribution in [2.45, 2.75) is 194 Å². The Morgan fingerprint density at radius 1 is 0.609 bits per heavy atom. The van der Waals surface area contributed by atoms with E-state index >= 15 is 0 Å². The van der Waals surface area contributed by atoms with Gasteiger partial charge in [-0.15, -0.1) is 11.1 Å². The van der Waals surface area contributed by atoms with Crippen LogP contribution >= 0.6 is 0 Å². The van der Waals surface area contributed by atoms with Gasteiger partial charge in [0.15, 0.2) is 0 Å². The first-order valence-corrected chi connectivity index (χ1v) is 23.7. The summed E-state index contributed by atoms with van der Waals surface area (Å²) in [5, 5.41) is 10.3. The molecule has 1 aromatic carbocycles. The molecule has 46 heavy (non-hydrogen) atoms. The molecule has 1 rings (SSSR count). The summed E-state index contributed by atoms with van der Waals surface area (Å²) in [6.45, 7) is 33.3. The molecule has 0 heterocycles. The topological polar surface area (TPSA) is 20.2 Å². The summed E-state index contributed by atoms with van der Waals surface area (Å²) in [4.78, 5) is 0. The van der Waals surface area contributed by atoms with E-state index in [2.05, 4.69) is 132 Å². The van der Waals surface area contributed by atoms with Gasteiger partial charge in [-0.05, 0) is 93.8 Å². The molecule has 0 saturated carbocycles. The van der Waals surface area contributed by atoms with Gasteiger partial charge in [0.05, 0.1) is 6.61 Å².